The van der Waals surface area contributed by atoms with E-state index in [9.17, 15) is 4.79 Å². The first-order chi connectivity index (χ1) is 3.80. The molecule has 1 heterocycles. The lowest BCUT2D eigenvalue weighted by Crippen LogP contribution is -2.00. The molecule has 0 amide bonds. The molecule has 8 heavy (non-hydrogen) atoms. The highest BCUT2D eigenvalue weighted by Gasteiger charge is 1.90. The maximum atomic E-state index is 10.4. The van der Waals surface area contributed by atoms with Crippen molar-refractivity contribution >= 4 is 5.91 Å². The fraction of sp³-hybridized carbons (Fsp3) is 0.200. The Morgan fingerprint density at radius 2 is 2.50 bits per heavy atom. The minimum absolute atomic E-state index is 0.0116. The van der Waals surface area contributed by atoms with Crippen LogP contribution in [0.5, 0.6) is 0 Å². The summed E-state index contributed by atoms with van der Waals surface area (Å²) >= 11 is 0. The van der Waals surface area contributed by atoms with Gasteiger partial charge in [0.25, 0.3) is 0 Å². The highest BCUT2D eigenvalue weighted by Crippen LogP contribution is 1.82. The van der Waals surface area contributed by atoms with E-state index in [1.807, 2.05) is 0 Å². The topological polar surface area (TPSA) is 34.9 Å². The van der Waals surface area contributed by atoms with Gasteiger partial charge in [-0.05, 0) is 0 Å². The van der Waals surface area contributed by atoms with E-state index in [0.29, 0.717) is 0 Å². The fourth-order valence-corrected chi connectivity index (χ4v) is 0.445. The molecule has 0 aliphatic heterocycles. The number of carbonyl (C=O) groups excluding carboxylic acids is 1. The lowest BCUT2D eigenvalue weighted by atomic mass is 10.3. The van der Waals surface area contributed by atoms with Crippen LogP contribution in [0.15, 0.2) is 18.7 Å². The van der Waals surface area contributed by atoms with Gasteiger partial charge in [-0.15, -0.1) is 0 Å². The molecule has 42 valence electrons. The molecule has 0 saturated heterocycles. The third-order valence-electron chi connectivity index (χ3n) is 0.868. The van der Waals surface area contributed by atoms with E-state index in [2.05, 4.69) is 4.98 Å². The standard InChI is InChI=1S/C5H6N2O/c1-5(8)7-3-2-6-4-7/h2-4H,1H3/i1-1. The van der Waals surface area contributed by atoms with Gasteiger partial charge in [0.2, 0.25) is 5.91 Å². The predicted molar refractivity (Wildman–Crippen MR) is 28.5 cm³/mol. The van der Waals surface area contributed by atoms with Crippen molar-refractivity contribution in [3.63, 3.8) is 0 Å². The van der Waals surface area contributed by atoms with E-state index >= 15 is 0 Å². The van der Waals surface area contributed by atoms with Crippen LogP contribution >= 0.6 is 0 Å². The SMILES string of the molecule is [11CH3]C(=O)n1ccnc1. The molecule has 1 rings (SSSR count). The first kappa shape index (κ1) is 5.03. The zero-order valence-electron chi connectivity index (χ0n) is 4.53. The Morgan fingerprint density at radius 3 is 2.75 bits per heavy atom. The molecule has 3 heteroatoms. The van der Waals surface area contributed by atoms with Crippen molar-refractivity contribution in [2.45, 2.75) is 6.92 Å². The van der Waals surface area contributed by atoms with Gasteiger partial charge < -0.3 is 0 Å². The van der Waals surface area contributed by atoms with Crippen molar-refractivity contribution < 1.29 is 4.79 Å². The normalized spacial score (nSPS) is 9.12. The summed E-state index contributed by atoms with van der Waals surface area (Å²) in [7, 11) is 0. The predicted octanol–water partition coefficient (Wildman–Crippen LogP) is 0.543. The number of imidazole rings is 1. The minimum Gasteiger partial charge on any atom is -0.277 e. The maximum absolute atomic E-state index is 10.4. The van der Waals surface area contributed by atoms with E-state index in [-0.39, 0.29) is 5.91 Å². The third-order valence-corrected chi connectivity index (χ3v) is 0.868. The number of aromatic nitrogens is 2. The van der Waals surface area contributed by atoms with Crippen LogP contribution in [0, 0.1) is 0 Å². The summed E-state index contributed by atoms with van der Waals surface area (Å²) in [6, 6.07) is 0. The molecule has 0 N–H and O–H groups in total. The number of hydrogen-bond donors (Lipinski definition) is 0. The van der Waals surface area contributed by atoms with Gasteiger partial charge in [0, 0.05) is 19.3 Å². The molecular weight excluding hydrogens is 103 g/mol. The molecule has 0 aromatic carbocycles. The first-order valence-electron chi connectivity index (χ1n) is 2.29. The molecule has 0 fully saturated rings. The number of nitrogens with zero attached hydrogens (tertiary/aromatic N) is 2. The monoisotopic (exact) mass is 109 g/mol. The Bertz CT molecular complexity index is 178. The maximum Gasteiger partial charge on any atom is 0.228 e. The Balaban J connectivity index is 2.93. The first-order valence-corrected chi connectivity index (χ1v) is 2.29. The molecule has 0 atom stereocenters. The summed E-state index contributed by atoms with van der Waals surface area (Å²) in [5, 5.41) is 0. The second-order valence-corrected chi connectivity index (χ2v) is 1.49. The van der Waals surface area contributed by atoms with E-state index in [1.54, 1.807) is 12.4 Å². The van der Waals surface area contributed by atoms with Gasteiger partial charge in [-0.1, -0.05) is 0 Å². The lowest BCUT2D eigenvalue weighted by Gasteiger charge is -1.87. The molecule has 0 unspecified atom stereocenters. The molecular formula is C5H6N2O. The Kier molecular flexibility index (Phi) is 1.12. The van der Waals surface area contributed by atoms with Crippen molar-refractivity contribution in [1.29, 1.82) is 0 Å². The molecule has 0 aliphatic rings. The van der Waals surface area contributed by atoms with Crippen molar-refractivity contribution in [2.75, 3.05) is 0 Å². The molecule has 1 aromatic heterocycles. The molecule has 3 nitrogen and oxygen atoms in total. The summed E-state index contributed by atoms with van der Waals surface area (Å²) in [4.78, 5) is 14.1. The lowest BCUT2D eigenvalue weighted by molar-refractivity contribution is 0.0936. The number of rotatable bonds is 0. The van der Waals surface area contributed by atoms with Crippen LogP contribution in [-0.2, 0) is 0 Å². The largest absolute Gasteiger partial charge is 0.277 e. The van der Waals surface area contributed by atoms with E-state index in [4.69, 9.17) is 0 Å². The van der Waals surface area contributed by atoms with E-state index in [1.165, 1.54) is 17.8 Å². The summed E-state index contributed by atoms with van der Waals surface area (Å²) in [6.07, 6.45) is 4.66. The van der Waals surface area contributed by atoms with Gasteiger partial charge in [-0.25, -0.2) is 4.98 Å². The van der Waals surface area contributed by atoms with Gasteiger partial charge in [-0.2, -0.15) is 0 Å². The number of carbonyl (C=O) groups is 1. The Hall–Kier alpha value is -1.12. The second-order valence-electron chi connectivity index (χ2n) is 1.49. The van der Waals surface area contributed by atoms with Gasteiger partial charge in [0.05, 0.1) is 0 Å². The smallest absolute Gasteiger partial charge is 0.228 e. The highest BCUT2D eigenvalue weighted by molar-refractivity contribution is 5.75. The summed E-state index contributed by atoms with van der Waals surface area (Å²) in [5.41, 5.74) is 0. The van der Waals surface area contributed by atoms with Crippen molar-refractivity contribution in [3.05, 3.63) is 18.7 Å². The van der Waals surface area contributed by atoms with Crippen molar-refractivity contribution in [1.82, 2.24) is 9.55 Å². The van der Waals surface area contributed by atoms with Crippen LogP contribution in [0.2, 0.25) is 0 Å². The number of hydrogen-bond acceptors (Lipinski definition) is 2. The summed E-state index contributed by atoms with van der Waals surface area (Å²) < 4.78 is 1.42. The molecule has 0 spiro atoms. The van der Waals surface area contributed by atoms with Crippen LogP contribution in [0.1, 0.15) is 11.7 Å². The van der Waals surface area contributed by atoms with Gasteiger partial charge >= 0.3 is 0 Å². The van der Waals surface area contributed by atoms with Crippen LogP contribution in [0.25, 0.3) is 0 Å². The van der Waals surface area contributed by atoms with Crippen molar-refractivity contribution in [2.24, 2.45) is 0 Å². The molecule has 0 aliphatic carbocycles. The molecule has 0 radical (unpaired) electrons. The quantitative estimate of drug-likeness (QED) is 0.487. The molecule has 0 saturated carbocycles. The molecule has 0 bridgehead atoms. The summed E-state index contributed by atoms with van der Waals surface area (Å²) in [6.45, 7) is 1.49. The zero-order chi connectivity index (χ0) is 5.98. The average molecular weight is 109 g/mol. The average Bonchev–Trinajstić information content (AvgIpc) is 2.12. The van der Waals surface area contributed by atoms with Gasteiger partial charge in [0.15, 0.2) is 0 Å². The minimum atomic E-state index is -0.0116. The van der Waals surface area contributed by atoms with Gasteiger partial charge in [0.1, 0.15) is 6.33 Å². The van der Waals surface area contributed by atoms with Crippen LogP contribution in [-0.4, -0.2) is 15.5 Å². The fourth-order valence-electron chi connectivity index (χ4n) is 0.445. The Labute approximate surface area is 47.0 Å². The summed E-state index contributed by atoms with van der Waals surface area (Å²) in [5.74, 6) is -0.0116. The van der Waals surface area contributed by atoms with Crippen LogP contribution < -0.4 is 0 Å². The second kappa shape index (κ2) is 1.78. The molecule has 1 aromatic rings. The highest BCUT2D eigenvalue weighted by atomic mass is 16.1. The van der Waals surface area contributed by atoms with Crippen LogP contribution in [0.4, 0.5) is 0 Å². The van der Waals surface area contributed by atoms with Gasteiger partial charge in [-0.3, -0.25) is 9.36 Å². The van der Waals surface area contributed by atoms with Crippen LogP contribution in [0.3, 0.4) is 0 Å². The zero-order valence-corrected chi connectivity index (χ0v) is 4.53. The Morgan fingerprint density at radius 1 is 1.75 bits per heavy atom. The third kappa shape index (κ3) is 0.753. The van der Waals surface area contributed by atoms with Crippen molar-refractivity contribution in [3.8, 4) is 0 Å². The van der Waals surface area contributed by atoms with E-state index in [0.717, 1.165) is 0 Å². The van der Waals surface area contributed by atoms with E-state index < -0.39 is 0 Å².